The van der Waals surface area contributed by atoms with Crippen molar-refractivity contribution < 1.29 is 0 Å². The van der Waals surface area contributed by atoms with E-state index in [9.17, 15) is 0 Å². The highest BCUT2D eigenvalue weighted by molar-refractivity contribution is 6.30. The van der Waals surface area contributed by atoms with Crippen LogP contribution in [0.25, 0.3) is 0 Å². The molecule has 4 N–H and O–H groups in total. The van der Waals surface area contributed by atoms with E-state index in [4.69, 9.17) is 34.7 Å². The van der Waals surface area contributed by atoms with E-state index in [2.05, 4.69) is 4.99 Å². The first-order chi connectivity index (χ1) is 10.0. The van der Waals surface area contributed by atoms with Crippen molar-refractivity contribution in [1.29, 1.82) is 0 Å². The fourth-order valence-corrected chi connectivity index (χ4v) is 2.41. The molecule has 0 fully saturated rings. The van der Waals surface area contributed by atoms with Crippen LogP contribution in [0, 0.1) is 0 Å². The highest BCUT2D eigenvalue weighted by Gasteiger charge is 2.10. The molecule has 0 aliphatic rings. The first kappa shape index (κ1) is 15.7. The third-order valence-electron chi connectivity index (χ3n) is 3.10. The Morgan fingerprint density at radius 2 is 1.19 bits per heavy atom. The maximum atomic E-state index is 5.90. The highest BCUT2D eigenvalue weighted by atomic mass is 35.5. The van der Waals surface area contributed by atoms with Gasteiger partial charge < -0.3 is 11.5 Å². The molecule has 0 atom stereocenters. The van der Waals surface area contributed by atoms with Crippen LogP contribution in [0.5, 0.6) is 0 Å². The number of hydrogen-bond donors (Lipinski definition) is 2. The predicted octanol–water partition coefficient (Wildman–Crippen LogP) is 3.42. The Labute approximate surface area is 134 Å². The number of guanidine groups is 1. The smallest absolute Gasteiger partial charge is 0.186 e. The lowest BCUT2D eigenvalue weighted by Gasteiger charge is -2.13. The van der Waals surface area contributed by atoms with Gasteiger partial charge in [-0.3, -0.25) is 0 Å². The average molecular weight is 322 g/mol. The van der Waals surface area contributed by atoms with Crippen molar-refractivity contribution in [2.24, 2.45) is 16.5 Å². The van der Waals surface area contributed by atoms with E-state index < -0.39 is 0 Å². The number of nitrogens with zero attached hydrogens (tertiary/aromatic N) is 1. The Morgan fingerprint density at radius 3 is 1.52 bits per heavy atom. The van der Waals surface area contributed by atoms with Gasteiger partial charge in [0.2, 0.25) is 0 Å². The maximum Gasteiger partial charge on any atom is 0.186 e. The predicted molar refractivity (Wildman–Crippen MR) is 89.9 cm³/mol. The van der Waals surface area contributed by atoms with Crippen LogP contribution in [0.1, 0.15) is 11.1 Å². The van der Waals surface area contributed by atoms with Crippen LogP contribution in [0.3, 0.4) is 0 Å². The lowest BCUT2D eigenvalue weighted by Crippen LogP contribution is -2.27. The zero-order chi connectivity index (χ0) is 15.2. The quantitative estimate of drug-likeness (QED) is 0.654. The normalized spacial score (nSPS) is 10.6. The van der Waals surface area contributed by atoms with E-state index in [1.807, 2.05) is 48.5 Å². The summed E-state index contributed by atoms with van der Waals surface area (Å²) in [4.78, 5) is 4.32. The molecule has 0 aromatic heterocycles. The van der Waals surface area contributed by atoms with Gasteiger partial charge in [0.25, 0.3) is 0 Å². The minimum atomic E-state index is -0.0163. The first-order valence-corrected chi connectivity index (χ1v) is 7.36. The summed E-state index contributed by atoms with van der Waals surface area (Å²) < 4.78 is 0. The molecule has 5 heteroatoms. The van der Waals surface area contributed by atoms with Gasteiger partial charge >= 0.3 is 0 Å². The van der Waals surface area contributed by atoms with Crippen molar-refractivity contribution in [3.63, 3.8) is 0 Å². The van der Waals surface area contributed by atoms with E-state index in [1.54, 1.807) is 0 Å². The third-order valence-corrected chi connectivity index (χ3v) is 3.60. The van der Waals surface area contributed by atoms with Gasteiger partial charge in [-0.2, -0.15) is 0 Å². The maximum absolute atomic E-state index is 5.90. The highest BCUT2D eigenvalue weighted by Crippen LogP contribution is 2.16. The van der Waals surface area contributed by atoms with Crippen LogP contribution in [0.4, 0.5) is 0 Å². The van der Waals surface area contributed by atoms with Crippen LogP contribution >= 0.6 is 23.2 Å². The Kier molecular flexibility index (Phi) is 5.48. The van der Waals surface area contributed by atoms with Gasteiger partial charge in [0.1, 0.15) is 0 Å². The van der Waals surface area contributed by atoms with Gasteiger partial charge in [0.15, 0.2) is 5.96 Å². The van der Waals surface area contributed by atoms with Crippen LogP contribution in [-0.4, -0.2) is 12.0 Å². The molecule has 0 spiro atoms. The van der Waals surface area contributed by atoms with E-state index in [0.29, 0.717) is 0 Å². The lowest BCUT2D eigenvalue weighted by molar-refractivity contribution is 0.665. The summed E-state index contributed by atoms with van der Waals surface area (Å²) in [5.74, 6) is 0.0999. The summed E-state index contributed by atoms with van der Waals surface area (Å²) in [6.07, 6.45) is 1.50. The zero-order valence-corrected chi connectivity index (χ0v) is 13.0. The number of benzene rings is 2. The molecule has 0 heterocycles. The molecule has 110 valence electrons. The third kappa shape index (κ3) is 5.29. The SMILES string of the molecule is NC(N)=NC(Cc1ccc(Cl)cc1)Cc1ccc(Cl)cc1. The van der Waals surface area contributed by atoms with Gasteiger partial charge in [-0.05, 0) is 48.2 Å². The molecule has 2 aromatic rings. The van der Waals surface area contributed by atoms with Gasteiger partial charge in [-0.15, -0.1) is 0 Å². The Morgan fingerprint density at radius 1 is 0.810 bits per heavy atom. The van der Waals surface area contributed by atoms with Crippen molar-refractivity contribution in [3.05, 3.63) is 69.7 Å². The molecule has 3 nitrogen and oxygen atoms in total. The average Bonchev–Trinajstić information content (AvgIpc) is 2.43. The summed E-state index contributed by atoms with van der Waals surface area (Å²) in [6.45, 7) is 0. The molecule has 2 rings (SSSR count). The molecule has 21 heavy (non-hydrogen) atoms. The molecule has 0 saturated heterocycles. The van der Waals surface area contributed by atoms with Crippen molar-refractivity contribution in [3.8, 4) is 0 Å². The first-order valence-electron chi connectivity index (χ1n) is 6.60. The topological polar surface area (TPSA) is 64.4 Å². The summed E-state index contributed by atoms with van der Waals surface area (Å²) in [7, 11) is 0. The second kappa shape index (κ2) is 7.34. The van der Waals surface area contributed by atoms with Crippen molar-refractivity contribution in [1.82, 2.24) is 0 Å². The van der Waals surface area contributed by atoms with E-state index >= 15 is 0 Å². The second-order valence-corrected chi connectivity index (χ2v) is 5.74. The number of hydrogen-bond acceptors (Lipinski definition) is 1. The van der Waals surface area contributed by atoms with Crippen LogP contribution in [0.15, 0.2) is 53.5 Å². The van der Waals surface area contributed by atoms with Crippen molar-refractivity contribution >= 4 is 29.2 Å². The fraction of sp³-hybridized carbons (Fsp3) is 0.188. The minimum absolute atomic E-state index is 0.0163. The Hall–Kier alpha value is -1.71. The van der Waals surface area contributed by atoms with Crippen LogP contribution < -0.4 is 11.5 Å². The largest absolute Gasteiger partial charge is 0.370 e. The molecule has 2 aromatic carbocycles. The van der Waals surface area contributed by atoms with Gasteiger partial charge in [-0.25, -0.2) is 4.99 Å². The monoisotopic (exact) mass is 321 g/mol. The Bertz CT molecular complexity index is 555. The van der Waals surface area contributed by atoms with Crippen molar-refractivity contribution in [2.75, 3.05) is 0 Å². The summed E-state index contributed by atoms with van der Waals surface area (Å²) in [5.41, 5.74) is 13.4. The van der Waals surface area contributed by atoms with E-state index in [-0.39, 0.29) is 12.0 Å². The lowest BCUT2D eigenvalue weighted by atomic mass is 9.99. The number of nitrogens with two attached hydrogens (primary N) is 2. The minimum Gasteiger partial charge on any atom is -0.370 e. The standard InChI is InChI=1S/C16H17Cl2N3/c17-13-5-1-11(2-6-13)9-15(21-16(19)20)10-12-3-7-14(18)8-4-12/h1-8,15H,9-10H2,(H4,19,20,21). The molecule has 0 amide bonds. The fourth-order valence-electron chi connectivity index (χ4n) is 2.16. The van der Waals surface area contributed by atoms with Crippen molar-refractivity contribution in [2.45, 2.75) is 18.9 Å². The van der Waals surface area contributed by atoms with E-state index in [1.165, 1.54) is 0 Å². The van der Waals surface area contributed by atoms with Crippen LogP contribution in [0.2, 0.25) is 10.0 Å². The molecule has 0 aliphatic heterocycles. The van der Waals surface area contributed by atoms with Gasteiger partial charge in [0.05, 0.1) is 6.04 Å². The molecule has 0 radical (unpaired) electrons. The number of aliphatic imine (C=N–C) groups is 1. The van der Waals surface area contributed by atoms with Gasteiger partial charge in [0, 0.05) is 10.0 Å². The molecule has 0 aliphatic carbocycles. The summed E-state index contributed by atoms with van der Waals surface area (Å²) >= 11 is 11.8. The molecule has 0 unspecified atom stereocenters. The summed E-state index contributed by atoms with van der Waals surface area (Å²) in [6, 6.07) is 15.4. The second-order valence-electron chi connectivity index (χ2n) is 4.87. The number of rotatable bonds is 5. The molecule has 0 bridgehead atoms. The molecular weight excluding hydrogens is 305 g/mol. The molecular formula is C16H17Cl2N3. The van der Waals surface area contributed by atoms with E-state index in [0.717, 1.165) is 34.0 Å². The summed E-state index contributed by atoms with van der Waals surface area (Å²) in [5, 5.41) is 1.43. The molecule has 0 saturated carbocycles. The Balaban J connectivity index is 2.12. The van der Waals surface area contributed by atoms with Gasteiger partial charge in [-0.1, -0.05) is 47.5 Å². The zero-order valence-electron chi connectivity index (χ0n) is 11.5. The number of halogens is 2. The van der Waals surface area contributed by atoms with Crippen LogP contribution in [-0.2, 0) is 12.8 Å².